The molecule has 1 aliphatic rings. The molecule has 1 aliphatic heterocycles. The monoisotopic (exact) mass is 227 g/mol. The summed E-state index contributed by atoms with van der Waals surface area (Å²) in [6.45, 7) is 5.51. The molecule has 0 saturated carbocycles. The molecular weight excluding hydrogens is 206 g/mol. The van der Waals surface area contributed by atoms with E-state index < -0.39 is 0 Å². The Hall–Kier alpha value is -1.10. The lowest BCUT2D eigenvalue weighted by Crippen LogP contribution is -2.37. The van der Waals surface area contributed by atoms with E-state index in [-0.39, 0.29) is 23.8 Å². The van der Waals surface area contributed by atoms with Gasteiger partial charge in [0.25, 0.3) is 0 Å². The highest BCUT2D eigenvalue weighted by Crippen LogP contribution is 2.21. The molecule has 2 unspecified atom stereocenters. The number of carbonyl (C=O) groups excluding carboxylic acids is 2. The van der Waals surface area contributed by atoms with Gasteiger partial charge in [0, 0.05) is 32.1 Å². The maximum absolute atomic E-state index is 11.7. The first-order chi connectivity index (χ1) is 7.60. The zero-order valence-corrected chi connectivity index (χ0v) is 10.0. The molecule has 0 bridgehead atoms. The van der Waals surface area contributed by atoms with Crippen molar-refractivity contribution in [2.45, 2.75) is 32.7 Å². The van der Waals surface area contributed by atoms with E-state index in [4.69, 9.17) is 5.73 Å². The van der Waals surface area contributed by atoms with Crippen LogP contribution in [0.25, 0.3) is 0 Å². The molecule has 5 heteroatoms. The number of nitrogens with one attached hydrogen (secondary N) is 1. The molecule has 0 radical (unpaired) electrons. The predicted molar refractivity (Wildman–Crippen MR) is 61.6 cm³/mol. The van der Waals surface area contributed by atoms with Gasteiger partial charge >= 0.3 is 0 Å². The van der Waals surface area contributed by atoms with Crippen LogP contribution in [0.4, 0.5) is 0 Å². The molecule has 2 atom stereocenters. The average molecular weight is 227 g/mol. The first-order valence-electron chi connectivity index (χ1n) is 5.87. The highest BCUT2D eigenvalue weighted by Gasteiger charge is 2.35. The lowest BCUT2D eigenvalue weighted by molar-refractivity contribution is -0.130. The third kappa shape index (κ3) is 2.95. The quantitative estimate of drug-likeness (QED) is 0.677. The van der Waals surface area contributed by atoms with Crippen LogP contribution in [0.2, 0.25) is 0 Å². The Morgan fingerprint density at radius 1 is 1.69 bits per heavy atom. The summed E-state index contributed by atoms with van der Waals surface area (Å²) >= 11 is 0. The van der Waals surface area contributed by atoms with Gasteiger partial charge < -0.3 is 16.0 Å². The van der Waals surface area contributed by atoms with Crippen molar-refractivity contribution in [2.75, 3.05) is 19.6 Å². The van der Waals surface area contributed by atoms with Crippen molar-refractivity contribution < 1.29 is 9.59 Å². The first-order valence-corrected chi connectivity index (χ1v) is 5.87. The van der Waals surface area contributed by atoms with E-state index in [1.54, 1.807) is 4.90 Å². The van der Waals surface area contributed by atoms with Crippen LogP contribution in [0, 0.1) is 5.92 Å². The number of carbonyl (C=O) groups is 2. The van der Waals surface area contributed by atoms with Crippen molar-refractivity contribution in [1.82, 2.24) is 10.2 Å². The summed E-state index contributed by atoms with van der Waals surface area (Å²) in [5.74, 6) is -0.167. The Bertz CT molecular complexity index is 268. The van der Waals surface area contributed by atoms with E-state index in [0.717, 1.165) is 6.42 Å². The van der Waals surface area contributed by atoms with Crippen LogP contribution in [0.15, 0.2) is 0 Å². The Morgan fingerprint density at radius 3 is 2.94 bits per heavy atom. The Morgan fingerprint density at radius 2 is 2.38 bits per heavy atom. The van der Waals surface area contributed by atoms with Crippen molar-refractivity contribution in [3.05, 3.63) is 0 Å². The molecule has 16 heavy (non-hydrogen) atoms. The molecule has 0 aliphatic carbocycles. The molecule has 1 fully saturated rings. The zero-order valence-electron chi connectivity index (χ0n) is 10.0. The normalized spacial score (nSPS) is 22.3. The molecule has 5 nitrogen and oxygen atoms in total. The molecule has 1 saturated heterocycles. The van der Waals surface area contributed by atoms with Crippen LogP contribution >= 0.6 is 0 Å². The molecule has 1 heterocycles. The van der Waals surface area contributed by atoms with Gasteiger partial charge in [-0.2, -0.15) is 0 Å². The highest BCUT2D eigenvalue weighted by molar-refractivity contribution is 5.89. The SMILES string of the molecule is CCC(C)N1CC(C(=O)NCCN)CC1=O. The van der Waals surface area contributed by atoms with E-state index in [1.165, 1.54) is 0 Å². The smallest absolute Gasteiger partial charge is 0.225 e. The van der Waals surface area contributed by atoms with Gasteiger partial charge in [0.1, 0.15) is 0 Å². The van der Waals surface area contributed by atoms with Crippen molar-refractivity contribution in [2.24, 2.45) is 11.7 Å². The molecule has 92 valence electrons. The van der Waals surface area contributed by atoms with Crippen molar-refractivity contribution in [1.29, 1.82) is 0 Å². The first kappa shape index (κ1) is 13.0. The Balaban J connectivity index is 2.49. The molecule has 0 aromatic rings. The Labute approximate surface area is 96.4 Å². The summed E-state index contributed by atoms with van der Waals surface area (Å²) < 4.78 is 0. The van der Waals surface area contributed by atoms with Crippen molar-refractivity contribution in [3.8, 4) is 0 Å². The van der Waals surface area contributed by atoms with Gasteiger partial charge in [-0.25, -0.2) is 0 Å². The second kappa shape index (κ2) is 5.84. The second-order valence-corrected chi connectivity index (χ2v) is 4.28. The number of amides is 2. The standard InChI is InChI=1S/C11H21N3O2/c1-3-8(2)14-7-9(6-10(14)15)11(16)13-5-4-12/h8-9H,3-7,12H2,1-2H3,(H,13,16). The van der Waals surface area contributed by atoms with Gasteiger partial charge in [0.05, 0.1) is 5.92 Å². The molecule has 3 N–H and O–H groups in total. The minimum Gasteiger partial charge on any atom is -0.355 e. The van der Waals surface area contributed by atoms with E-state index >= 15 is 0 Å². The molecule has 2 amide bonds. The lowest BCUT2D eigenvalue weighted by Gasteiger charge is -2.23. The number of hydrogen-bond acceptors (Lipinski definition) is 3. The largest absolute Gasteiger partial charge is 0.355 e. The summed E-state index contributed by atoms with van der Waals surface area (Å²) in [5, 5.41) is 2.73. The average Bonchev–Trinajstić information content (AvgIpc) is 2.67. The Kier molecular flexibility index (Phi) is 4.73. The second-order valence-electron chi connectivity index (χ2n) is 4.28. The van der Waals surface area contributed by atoms with Crippen LogP contribution < -0.4 is 11.1 Å². The van der Waals surface area contributed by atoms with Crippen molar-refractivity contribution in [3.63, 3.8) is 0 Å². The molecule has 1 rings (SSSR count). The van der Waals surface area contributed by atoms with Gasteiger partial charge in [0.2, 0.25) is 11.8 Å². The fourth-order valence-corrected chi connectivity index (χ4v) is 1.89. The van der Waals surface area contributed by atoms with Crippen LogP contribution in [0.5, 0.6) is 0 Å². The fourth-order valence-electron chi connectivity index (χ4n) is 1.89. The van der Waals surface area contributed by atoms with Crippen molar-refractivity contribution >= 4 is 11.8 Å². The van der Waals surface area contributed by atoms with Gasteiger partial charge in [-0.05, 0) is 13.3 Å². The minimum atomic E-state index is -0.201. The molecule has 0 spiro atoms. The van der Waals surface area contributed by atoms with Gasteiger partial charge in [-0.3, -0.25) is 9.59 Å². The molecule has 0 aromatic heterocycles. The number of nitrogens with zero attached hydrogens (tertiary/aromatic N) is 1. The van der Waals surface area contributed by atoms with E-state index in [0.29, 0.717) is 26.1 Å². The van der Waals surface area contributed by atoms with Crippen LogP contribution in [0.3, 0.4) is 0 Å². The number of likely N-dealkylation sites (tertiary alicyclic amines) is 1. The summed E-state index contributed by atoms with van der Waals surface area (Å²) in [6.07, 6.45) is 1.25. The maximum Gasteiger partial charge on any atom is 0.225 e. The minimum absolute atomic E-state index is 0.0513. The van der Waals surface area contributed by atoms with Crippen LogP contribution in [0.1, 0.15) is 26.7 Å². The number of hydrogen-bond donors (Lipinski definition) is 2. The third-order valence-electron chi connectivity index (χ3n) is 3.10. The van der Waals surface area contributed by atoms with E-state index in [2.05, 4.69) is 5.32 Å². The van der Waals surface area contributed by atoms with Gasteiger partial charge in [-0.1, -0.05) is 6.92 Å². The third-order valence-corrected chi connectivity index (χ3v) is 3.10. The molecule has 0 aromatic carbocycles. The maximum atomic E-state index is 11.7. The topological polar surface area (TPSA) is 75.4 Å². The fraction of sp³-hybridized carbons (Fsp3) is 0.818. The highest BCUT2D eigenvalue weighted by atomic mass is 16.2. The summed E-state index contributed by atoms with van der Waals surface area (Å²) in [6, 6.07) is 0.222. The van der Waals surface area contributed by atoms with Gasteiger partial charge in [-0.15, -0.1) is 0 Å². The summed E-state index contributed by atoms with van der Waals surface area (Å²) in [7, 11) is 0. The van der Waals surface area contributed by atoms with Gasteiger partial charge in [0.15, 0.2) is 0 Å². The molecular formula is C11H21N3O2. The zero-order chi connectivity index (χ0) is 12.1. The van der Waals surface area contributed by atoms with E-state index in [9.17, 15) is 9.59 Å². The number of nitrogens with two attached hydrogens (primary N) is 1. The summed E-state index contributed by atoms with van der Waals surface area (Å²) in [5.41, 5.74) is 5.31. The van der Waals surface area contributed by atoms with E-state index in [1.807, 2.05) is 13.8 Å². The number of rotatable bonds is 5. The van der Waals surface area contributed by atoms with Crippen LogP contribution in [-0.2, 0) is 9.59 Å². The lowest BCUT2D eigenvalue weighted by atomic mass is 10.1. The summed E-state index contributed by atoms with van der Waals surface area (Å²) in [4.78, 5) is 25.1. The predicted octanol–water partition coefficient (Wildman–Crippen LogP) is -0.292. The van der Waals surface area contributed by atoms with Crippen LogP contribution in [-0.4, -0.2) is 42.4 Å².